The summed E-state index contributed by atoms with van der Waals surface area (Å²) in [6.45, 7) is 6.13. The first kappa shape index (κ1) is 6.61. The fourth-order valence-electron chi connectivity index (χ4n) is 2.35. The van der Waals surface area contributed by atoms with Gasteiger partial charge in [-0.05, 0) is 0 Å². The second-order valence-electron chi connectivity index (χ2n) is 3.37. The van der Waals surface area contributed by atoms with Gasteiger partial charge in [0.15, 0.2) is 0 Å². The van der Waals surface area contributed by atoms with Gasteiger partial charge in [0.2, 0.25) is 0 Å². The van der Waals surface area contributed by atoms with E-state index in [-0.39, 0.29) is 0 Å². The zero-order chi connectivity index (χ0) is 7.47. The van der Waals surface area contributed by atoms with E-state index in [0.717, 1.165) is 39.3 Å². The Labute approximate surface area is 66.3 Å². The first-order valence-corrected chi connectivity index (χ1v) is 5.75. The third-order valence-corrected chi connectivity index (χ3v) is 6.36. The second-order valence-corrected chi connectivity index (χ2v) is 6.10. The highest BCUT2D eigenvalue weighted by Crippen LogP contribution is 2.65. The van der Waals surface area contributed by atoms with E-state index in [1.807, 2.05) is 0 Å². The maximum absolute atomic E-state index is 12.3. The average molecular weight is 173 g/mol. The molecular formula is C6H12N3OP. The Kier molecular flexibility index (Phi) is 1.13. The van der Waals surface area contributed by atoms with Gasteiger partial charge in [0, 0.05) is 39.3 Å². The summed E-state index contributed by atoms with van der Waals surface area (Å²) in [4.78, 5) is 0. The molecule has 0 atom stereocenters. The van der Waals surface area contributed by atoms with Crippen molar-refractivity contribution in [2.45, 2.75) is 0 Å². The molecule has 0 spiro atoms. The van der Waals surface area contributed by atoms with Crippen molar-refractivity contribution in [2.75, 3.05) is 39.3 Å². The van der Waals surface area contributed by atoms with Crippen LogP contribution in [0.1, 0.15) is 0 Å². The third-order valence-electron chi connectivity index (χ3n) is 2.95. The lowest BCUT2D eigenvalue weighted by Crippen LogP contribution is -2.12. The predicted molar refractivity (Wildman–Crippen MR) is 42.3 cm³/mol. The average Bonchev–Trinajstić information content (AvgIpc) is 2.53. The van der Waals surface area contributed by atoms with Crippen molar-refractivity contribution in [3.05, 3.63) is 0 Å². The summed E-state index contributed by atoms with van der Waals surface area (Å²) in [5, 5.41) is 0. The molecule has 62 valence electrons. The fraction of sp³-hybridized carbons (Fsp3) is 1.00. The van der Waals surface area contributed by atoms with Crippen LogP contribution < -0.4 is 0 Å². The molecular weight excluding hydrogens is 161 g/mol. The lowest BCUT2D eigenvalue weighted by atomic mass is 10.6. The number of hydrogen-bond donors (Lipinski definition) is 0. The summed E-state index contributed by atoms with van der Waals surface area (Å²) in [6.07, 6.45) is 0. The molecule has 0 N–H and O–H groups in total. The van der Waals surface area contributed by atoms with Crippen LogP contribution in [0.5, 0.6) is 0 Å². The van der Waals surface area contributed by atoms with E-state index >= 15 is 0 Å². The Morgan fingerprint density at radius 2 is 1.00 bits per heavy atom. The molecule has 0 aromatic carbocycles. The van der Waals surface area contributed by atoms with Crippen molar-refractivity contribution in [3.63, 3.8) is 0 Å². The standard InChI is InChI=1S/C6H12N3OP/c10-11-7-1-2-8(11)5-6-9(11)4-3-7/h1-6H2. The quantitative estimate of drug-likeness (QED) is 0.483. The van der Waals surface area contributed by atoms with E-state index in [1.165, 1.54) is 0 Å². The highest BCUT2D eigenvalue weighted by atomic mass is 31.2. The topological polar surface area (TPSA) is 26.8 Å². The molecule has 3 saturated heterocycles. The number of rotatable bonds is 0. The SMILES string of the molecule is O=P12N3CCN1CCN2CC3. The molecule has 0 unspecified atom stereocenters. The molecule has 0 aromatic heterocycles. The number of hydrogen-bond acceptors (Lipinski definition) is 1. The van der Waals surface area contributed by atoms with Gasteiger partial charge in [0.25, 0.3) is 7.59 Å². The van der Waals surface area contributed by atoms with Crippen LogP contribution in [0, 0.1) is 0 Å². The van der Waals surface area contributed by atoms with Crippen LogP contribution in [0.4, 0.5) is 0 Å². The largest absolute Gasteiger partial charge is 0.287 e. The van der Waals surface area contributed by atoms with Gasteiger partial charge in [0.1, 0.15) is 0 Å². The van der Waals surface area contributed by atoms with Gasteiger partial charge in [-0.2, -0.15) is 0 Å². The van der Waals surface area contributed by atoms with Gasteiger partial charge in [-0.25, -0.2) is 14.0 Å². The maximum atomic E-state index is 12.3. The van der Waals surface area contributed by atoms with Gasteiger partial charge in [-0.1, -0.05) is 0 Å². The summed E-state index contributed by atoms with van der Waals surface area (Å²) in [5.41, 5.74) is 0. The van der Waals surface area contributed by atoms with E-state index in [9.17, 15) is 4.57 Å². The van der Waals surface area contributed by atoms with Gasteiger partial charge in [0.05, 0.1) is 0 Å². The van der Waals surface area contributed by atoms with Crippen LogP contribution in [0.3, 0.4) is 0 Å². The van der Waals surface area contributed by atoms with E-state index in [4.69, 9.17) is 0 Å². The highest BCUT2D eigenvalue weighted by Gasteiger charge is 2.54. The maximum Gasteiger partial charge on any atom is 0.287 e. The minimum atomic E-state index is -2.10. The molecule has 4 nitrogen and oxygen atoms in total. The van der Waals surface area contributed by atoms with Crippen molar-refractivity contribution in [2.24, 2.45) is 0 Å². The van der Waals surface area contributed by atoms with Gasteiger partial charge in [-0.3, -0.25) is 4.57 Å². The van der Waals surface area contributed by atoms with Crippen molar-refractivity contribution >= 4 is 7.59 Å². The van der Waals surface area contributed by atoms with Crippen LogP contribution in [0.15, 0.2) is 0 Å². The van der Waals surface area contributed by atoms with E-state index in [1.54, 1.807) is 0 Å². The minimum absolute atomic E-state index is 1.02. The first-order valence-electron chi connectivity index (χ1n) is 4.18. The smallest absolute Gasteiger partial charge is 0.270 e. The van der Waals surface area contributed by atoms with Crippen LogP contribution >= 0.6 is 7.59 Å². The molecule has 3 aliphatic heterocycles. The first-order chi connectivity index (χ1) is 5.32. The molecule has 11 heavy (non-hydrogen) atoms. The molecule has 3 heterocycles. The van der Waals surface area contributed by atoms with Crippen LogP contribution in [0.25, 0.3) is 0 Å². The zero-order valence-electron chi connectivity index (χ0n) is 6.44. The summed E-state index contributed by atoms with van der Waals surface area (Å²) >= 11 is 0. The Morgan fingerprint density at radius 1 is 0.727 bits per heavy atom. The van der Waals surface area contributed by atoms with E-state index < -0.39 is 7.59 Å². The third kappa shape index (κ3) is 0.607. The molecule has 0 radical (unpaired) electrons. The molecule has 3 fully saturated rings. The molecule has 3 rings (SSSR count). The predicted octanol–water partition coefficient (Wildman–Crippen LogP) is 0.0413. The fourth-order valence-corrected chi connectivity index (χ4v) is 5.52. The summed E-state index contributed by atoms with van der Waals surface area (Å²) in [6, 6.07) is 0. The van der Waals surface area contributed by atoms with Crippen LogP contribution in [0.2, 0.25) is 0 Å². The summed E-state index contributed by atoms with van der Waals surface area (Å²) in [7, 11) is -2.10. The van der Waals surface area contributed by atoms with Gasteiger partial charge < -0.3 is 0 Å². The molecule has 0 aromatic rings. The molecule has 0 saturated carbocycles. The van der Waals surface area contributed by atoms with Gasteiger partial charge >= 0.3 is 0 Å². The van der Waals surface area contributed by atoms with E-state index in [2.05, 4.69) is 14.0 Å². The Morgan fingerprint density at radius 3 is 1.27 bits per heavy atom. The number of nitrogens with zero attached hydrogens (tertiary/aromatic N) is 3. The summed E-state index contributed by atoms with van der Waals surface area (Å²) < 4.78 is 18.8. The van der Waals surface area contributed by atoms with Gasteiger partial charge in [-0.15, -0.1) is 0 Å². The Balaban J connectivity index is 2.11. The monoisotopic (exact) mass is 173 g/mol. The lowest BCUT2D eigenvalue weighted by Gasteiger charge is -2.20. The highest BCUT2D eigenvalue weighted by molar-refractivity contribution is 7.57. The molecule has 0 aliphatic carbocycles. The van der Waals surface area contributed by atoms with E-state index in [0.29, 0.717) is 0 Å². The molecule has 0 bridgehead atoms. The Bertz CT molecular complexity index is 194. The normalized spacial score (nSPS) is 36.7. The minimum Gasteiger partial charge on any atom is -0.270 e. The van der Waals surface area contributed by atoms with Crippen LogP contribution in [-0.2, 0) is 4.57 Å². The van der Waals surface area contributed by atoms with Crippen molar-refractivity contribution in [1.82, 2.24) is 14.0 Å². The second kappa shape index (κ2) is 1.88. The zero-order valence-corrected chi connectivity index (χ0v) is 7.33. The van der Waals surface area contributed by atoms with Crippen molar-refractivity contribution < 1.29 is 4.57 Å². The lowest BCUT2D eigenvalue weighted by molar-refractivity contribution is 0.481. The Hall–Kier alpha value is 0.110. The molecule has 5 heteroatoms. The summed E-state index contributed by atoms with van der Waals surface area (Å²) in [5.74, 6) is 0. The van der Waals surface area contributed by atoms with Crippen molar-refractivity contribution in [1.29, 1.82) is 0 Å². The molecule has 0 amide bonds. The van der Waals surface area contributed by atoms with Crippen LogP contribution in [-0.4, -0.2) is 53.3 Å². The van der Waals surface area contributed by atoms with Crippen molar-refractivity contribution in [3.8, 4) is 0 Å². The molecule has 3 aliphatic rings.